The number of nitrogens with zero attached hydrogens (tertiary/aromatic N) is 2. The fourth-order valence-electron chi connectivity index (χ4n) is 0.913. The monoisotopic (exact) mass is 267 g/mol. The summed E-state index contributed by atoms with van der Waals surface area (Å²) in [5, 5.41) is 8.05. The molecule has 1 aromatic rings. The van der Waals surface area contributed by atoms with Crippen LogP contribution in [0.3, 0.4) is 0 Å². The summed E-state index contributed by atoms with van der Waals surface area (Å²) >= 11 is 0.703. The van der Waals surface area contributed by atoms with Crippen molar-refractivity contribution in [1.29, 1.82) is 0 Å². The molecule has 0 spiro atoms. The van der Waals surface area contributed by atoms with Gasteiger partial charge in [-0.25, -0.2) is 15.4 Å². The number of thioether (sulfide) groups is 1. The number of hydroxylamine groups is 1. The summed E-state index contributed by atoms with van der Waals surface area (Å²) < 4.78 is 37.2. The van der Waals surface area contributed by atoms with Gasteiger partial charge in [0.2, 0.25) is 0 Å². The molecule has 1 amide bonds. The van der Waals surface area contributed by atoms with Crippen molar-refractivity contribution in [3.63, 3.8) is 0 Å². The third-order valence-electron chi connectivity index (χ3n) is 1.58. The van der Waals surface area contributed by atoms with E-state index in [1.165, 1.54) is 12.4 Å². The Hall–Kier alpha value is -1.35. The van der Waals surface area contributed by atoms with Crippen LogP contribution < -0.4 is 5.48 Å². The highest BCUT2D eigenvalue weighted by Gasteiger charge is 2.33. The van der Waals surface area contributed by atoms with Crippen molar-refractivity contribution >= 4 is 17.7 Å². The van der Waals surface area contributed by atoms with E-state index < -0.39 is 17.8 Å². The van der Waals surface area contributed by atoms with Crippen molar-refractivity contribution in [3.8, 4) is 0 Å². The van der Waals surface area contributed by atoms with Crippen LogP contribution in [0.25, 0.3) is 0 Å². The van der Waals surface area contributed by atoms with Crippen LogP contribution in [0.15, 0.2) is 11.2 Å². The smallest absolute Gasteiger partial charge is 0.289 e. The molecular formula is C8H8F3N3O2S. The number of aryl methyl sites for hydroxylation is 1. The molecule has 5 nitrogen and oxygen atoms in total. The van der Waals surface area contributed by atoms with Crippen molar-refractivity contribution in [2.45, 2.75) is 18.3 Å². The fourth-order valence-corrected chi connectivity index (χ4v) is 1.61. The SMILES string of the molecule is Cc1cc(C(F)(F)F)nc(SCC(=O)NO)n1. The number of carbonyl (C=O) groups is 1. The first-order valence-electron chi connectivity index (χ1n) is 4.31. The molecule has 0 saturated heterocycles. The number of hydrogen-bond acceptors (Lipinski definition) is 5. The van der Waals surface area contributed by atoms with Gasteiger partial charge in [0.05, 0.1) is 5.75 Å². The Labute approximate surface area is 98.4 Å². The van der Waals surface area contributed by atoms with Crippen LogP contribution in [0, 0.1) is 6.92 Å². The van der Waals surface area contributed by atoms with Crippen LogP contribution in [-0.2, 0) is 11.0 Å². The molecule has 1 rings (SSSR count). The zero-order valence-corrected chi connectivity index (χ0v) is 9.39. The summed E-state index contributed by atoms with van der Waals surface area (Å²) in [6, 6.07) is 0.816. The molecule has 0 atom stereocenters. The highest BCUT2D eigenvalue weighted by molar-refractivity contribution is 7.99. The van der Waals surface area contributed by atoms with Gasteiger partial charge in [0.15, 0.2) is 5.16 Å². The van der Waals surface area contributed by atoms with Crippen LogP contribution in [0.1, 0.15) is 11.4 Å². The number of aromatic nitrogens is 2. The van der Waals surface area contributed by atoms with Gasteiger partial charge in [-0.3, -0.25) is 10.0 Å². The Morgan fingerprint density at radius 2 is 2.18 bits per heavy atom. The fraction of sp³-hybridized carbons (Fsp3) is 0.375. The first-order valence-corrected chi connectivity index (χ1v) is 5.30. The van der Waals surface area contributed by atoms with Gasteiger partial charge in [-0.15, -0.1) is 0 Å². The van der Waals surface area contributed by atoms with E-state index in [0.717, 1.165) is 6.07 Å². The summed E-state index contributed by atoms with van der Waals surface area (Å²) in [7, 11) is 0. The Morgan fingerprint density at radius 1 is 1.53 bits per heavy atom. The number of amides is 1. The summed E-state index contributed by atoms with van der Waals surface area (Å²) in [5.74, 6) is -1.01. The molecule has 17 heavy (non-hydrogen) atoms. The zero-order valence-electron chi connectivity index (χ0n) is 8.58. The second-order valence-electron chi connectivity index (χ2n) is 3.00. The van der Waals surface area contributed by atoms with Crippen molar-refractivity contribution in [2.24, 2.45) is 0 Å². The third-order valence-corrected chi connectivity index (χ3v) is 2.43. The molecule has 1 heterocycles. The molecule has 1 aromatic heterocycles. The molecule has 9 heteroatoms. The van der Waals surface area contributed by atoms with Crippen LogP contribution in [-0.4, -0.2) is 26.8 Å². The van der Waals surface area contributed by atoms with Gasteiger partial charge in [0.1, 0.15) is 5.69 Å². The molecule has 0 aromatic carbocycles. The normalized spacial score (nSPS) is 11.4. The van der Waals surface area contributed by atoms with E-state index in [0.29, 0.717) is 11.8 Å². The number of carbonyl (C=O) groups excluding carboxylic acids is 1. The topological polar surface area (TPSA) is 75.1 Å². The van der Waals surface area contributed by atoms with Gasteiger partial charge in [-0.2, -0.15) is 13.2 Å². The maximum absolute atomic E-state index is 12.4. The Balaban J connectivity index is 2.87. The minimum atomic E-state index is -4.55. The number of halogens is 3. The summed E-state index contributed by atoms with van der Waals surface area (Å²) in [4.78, 5) is 17.7. The van der Waals surface area contributed by atoms with E-state index in [-0.39, 0.29) is 16.6 Å². The molecule has 0 saturated carbocycles. The van der Waals surface area contributed by atoms with Gasteiger partial charge in [0, 0.05) is 5.69 Å². The van der Waals surface area contributed by atoms with Crippen LogP contribution in [0.4, 0.5) is 13.2 Å². The summed E-state index contributed by atoms with van der Waals surface area (Å²) in [6.07, 6.45) is -4.55. The minimum Gasteiger partial charge on any atom is -0.289 e. The van der Waals surface area contributed by atoms with Crippen LogP contribution >= 0.6 is 11.8 Å². The molecule has 0 fully saturated rings. The van der Waals surface area contributed by atoms with Gasteiger partial charge < -0.3 is 0 Å². The second-order valence-corrected chi connectivity index (χ2v) is 3.94. The maximum atomic E-state index is 12.4. The molecule has 0 aliphatic rings. The number of nitrogens with one attached hydrogen (secondary N) is 1. The predicted molar refractivity (Wildman–Crippen MR) is 52.4 cm³/mol. The lowest BCUT2D eigenvalue weighted by Gasteiger charge is -2.08. The van der Waals surface area contributed by atoms with Gasteiger partial charge in [0.25, 0.3) is 5.91 Å². The average Bonchev–Trinajstić information content (AvgIpc) is 2.24. The van der Waals surface area contributed by atoms with Crippen molar-refractivity contribution in [3.05, 3.63) is 17.5 Å². The molecule has 0 bridgehead atoms. The average molecular weight is 267 g/mol. The Bertz CT molecular complexity index is 425. The van der Waals surface area contributed by atoms with E-state index in [1.54, 1.807) is 0 Å². The van der Waals surface area contributed by atoms with Gasteiger partial charge in [-0.05, 0) is 13.0 Å². The largest absolute Gasteiger partial charge is 0.433 e. The van der Waals surface area contributed by atoms with E-state index in [1.807, 2.05) is 0 Å². The van der Waals surface area contributed by atoms with Gasteiger partial charge >= 0.3 is 6.18 Å². The third kappa shape index (κ3) is 4.19. The van der Waals surface area contributed by atoms with Crippen molar-refractivity contribution in [1.82, 2.24) is 15.4 Å². The first kappa shape index (κ1) is 13.7. The summed E-state index contributed by atoms with van der Waals surface area (Å²) in [5.41, 5.74) is 0.451. The number of hydrogen-bond donors (Lipinski definition) is 2. The van der Waals surface area contributed by atoms with E-state index in [9.17, 15) is 18.0 Å². The standard InChI is InChI=1S/C8H8F3N3O2S/c1-4-2-5(8(9,10)11)13-7(12-4)17-3-6(15)14-16/h2,16H,3H2,1H3,(H,14,15). The Morgan fingerprint density at radius 3 is 2.71 bits per heavy atom. The predicted octanol–water partition coefficient (Wildman–Crippen LogP) is 1.40. The molecule has 0 unspecified atom stereocenters. The quantitative estimate of drug-likeness (QED) is 0.375. The van der Waals surface area contributed by atoms with E-state index in [4.69, 9.17) is 5.21 Å². The highest BCUT2D eigenvalue weighted by atomic mass is 32.2. The van der Waals surface area contributed by atoms with E-state index >= 15 is 0 Å². The van der Waals surface area contributed by atoms with Crippen LogP contribution in [0.5, 0.6) is 0 Å². The molecule has 0 aliphatic heterocycles. The molecule has 94 valence electrons. The van der Waals surface area contributed by atoms with E-state index in [2.05, 4.69) is 9.97 Å². The molecule has 0 aliphatic carbocycles. The number of alkyl halides is 3. The lowest BCUT2D eigenvalue weighted by molar-refractivity contribution is -0.141. The Kier molecular flexibility index (Phi) is 4.29. The molecule has 2 N–H and O–H groups in total. The highest BCUT2D eigenvalue weighted by Crippen LogP contribution is 2.29. The lowest BCUT2D eigenvalue weighted by atomic mass is 10.3. The molecule has 0 radical (unpaired) electrons. The van der Waals surface area contributed by atoms with Crippen molar-refractivity contribution < 1.29 is 23.2 Å². The molecular weight excluding hydrogens is 259 g/mol. The zero-order chi connectivity index (χ0) is 13.1. The summed E-state index contributed by atoms with van der Waals surface area (Å²) in [6.45, 7) is 1.40. The second kappa shape index (κ2) is 5.32. The van der Waals surface area contributed by atoms with Crippen molar-refractivity contribution in [2.75, 3.05) is 5.75 Å². The maximum Gasteiger partial charge on any atom is 0.433 e. The number of rotatable bonds is 3. The minimum absolute atomic E-state index is 0.152. The lowest BCUT2D eigenvalue weighted by Crippen LogP contribution is -2.20. The van der Waals surface area contributed by atoms with Gasteiger partial charge in [-0.1, -0.05) is 11.8 Å². The van der Waals surface area contributed by atoms with Crippen LogP contribution in [0.2, 0.25) is 0 Å². The first-order chi connectivity index (χ1) is 7.82.